The zero-order valence-corrected chi connectivity index (χ0v) is 11.0. The molecule has 94 valence electrons. The molecule has 1 atom stereocenters. The average molecular weight is 268 g/mol. The first-order valence-corrected chi connectivity index (χ1v) is 6.89. The first-order chi connectivity index (χ1) is 9.35. The third-order valence-corrected chi connectivity index (χ3v) is 3.91. The summed E-state index contributed by atoms with van der Waals surface area (Å²) in [4.78, 5) is 1.18. The number of anilines is 1. The van der Waals surface area contributed by atoms with Crippen LogP contribution >= 0.6 is 11.8 Å². The Kier molecular flexibility index (Phi) is 3.30. The molecule has 1 aliphatic rings. The van der Waals surface area contributed by atoms with Gasteiger partial charge in [0.25, 0.3) is 0 Å². The maximum absolute atomic E-state index is 8.91. The summed E-state index contributed by atoms with van der Waals surface area (Å²) >= 11 is 1.67. The lowest BCUT2D eigenvalue weighted by molar-refractivity contribution is 0.290. The highest BCUT2D eigenvalue weighted by molar-refractivity contribution is 7.99. The number of hydrogen-bond acceptors (Lipinski definition) is 4. The first kappa shape index (κ1) is 11.9. The Balaban J connectivity index is 1.76. The van der Waals surface area contributed by atoms with E-state index in [1.165, 1.54) is 4.90 Å². The van der Waals surface area contributed by atoms with Gasteiger partial charge < -0.3 is 10.1 Å². The molecule has 0 bridgehead atoms. The molecule has 0 spiro atoms. The normalized spacial score (nSPS) is 16.7. The summed E-state index contributed by atoms with van der Waals surface area (Å²) in [5.74, 6) is 0.749. The molecular weight excluding hydrogens is 256 g/mol. The number of benzene rings is 2. The zero-order chi connectivity index (χ0) is 13.1. The van der Waals surface area contributed by atoms with Crippen LogP contribution in [0.3, 0.4) is 0 Å². The average Bonchev–Trinajstić information content (AvgIpc) is 2.47. The van der Waals surface area contributed by atoms with Crippen LogP contribution in [0.1, 0.15) is 5.56 Å². The van der Waals surface area contributed by atoms with E-state index in [1.54, 1.807) is 23.9 Å². The van der Waals surface area contributed by atoms with Crippen LogP contribution in [0.4, 0.5) is 5.69 Å². The molecule has 0 saturated heterocycles. The predicted molar refractivity (Wildman–Crippen MR) is 76.4 cm³/mol. The summed E-state index contributed by atoms with van der Waals surface area (Å²) in [6.45, 7) is 0.748. The van der Waals surface area contributed by atoms with Gasteiger partial charge in [0.2, 0.25) is 0 Å². The van der Waals surface area contributed by atoms with Gasteiger partial charge in [0.1, 0.15) is 5.75 Å². The van der Waals surface area contributed by atoms with Crippen molar-refractivity contribution in [1.29, 1.82) is 5.26 Å². The van der Waals surface area contributed by atoms with Crippen molar-refractivity contribution < 1.29 is 4.74 Å². The molecule has 2 aromatic carbocycles. The summed E-state index contributed by atoms with van der Waals surface area (Å²) in [5, 5.41) is 12.2. The highest BCUT2D eigenvalue weighted by Crippen LogP contribution is 2.34. The van der Waals surface area contributed by atoms with Crippen molar-refractivity contribution in [3.63, 3.8) is 0 Å². The number of nitrogens with one attached hydrogen (secondary N) is 1. The van der Waals surface area contributed by atoms with E-state index in [0.29, 0.717) is 5.56 Å². The summed E-state index contributed by atoms with van der Waals surface area (Å²) in [6, 6.07) is 17.7. The minimum Gasteiger partial charge on any atom is -0.475 e. The Hall–Kier alpha value is -2.12. The van der Waals surface area contributed by atoms with Crippen LogP contribution in [0.15, 0.2) is 53.4 Å². The number of rotatable bonds is 2. The van der Waals surface area contributed by atoms with Gasteiger partial charge in [0.15, 0.2) is 5.44 Å². The van der Waals surface area contributed by atoms with Gasteiger partial charge in [-0.15, -0.1) is 0 Å². The maximum Gasteiger partial charge on any atom is 0.166 e. The second kappa shape index (κ2) is 5.25. The van der Waals surface area contributed by atoms with Crippen molar-refractivity contribution in [2.24, 2.45) is 0 Å². The Bertz CT molecular complexity index is 622. The van der Waals surface area contributed by atoms with Crippen LogP contribution in [0.25, 0.3) is 0 Å². The molecule has 4 heteroatoms. The van der Waals surface area contributed by atoms with Crippen molar-refractivity contribution in [2.75, 3.05) is 11.9 Å². The molecular formula is C15H12N2OS. The van der Waals surface area contributed by atoms with Crippen LogP contribution in [0, 0.1) is 11.3 Å². The molecule has 0 amide bonds. The van der Waals surface area contributed by atoms with Gasteiger partial charge in [0, 0.05) is 11.0 Å². The number of ether oxygens (including phenoxy) is 1. The quantitative estimate of drug-likeness (QED) is 0.905. The molecule has 0 saturated carbocycles. The summed E-state index contributed by atoms with van der Waals surface area (Å²) < 4.78 is 5.93. The standard InChI is InChI=1S/C15H12N2OS/c16-9-11-6-7-13-14(8-11)18-15(10-17-13)19-12-4-2-1-3-5-12/h1-8,15,17H,10H2. The van der Waals surface area contributed by atoms with E-state index in [1.807, 2.05) is 24.3 Å². The molecule has 1 aliphatic heterocycles. The Morgan fingerprint density at radius 3 is 2.84 bits per heavy atom. The summed E-state index contributed by atoms with van der Waals surface area (Å²) in [5.41, 5.74) is 1.58. The van der Waals surface area contributed by atoms with Gasteiger partial charge in [-0.25, -0.2) is 0 Å². The lowest BCUT2D eigenvalue weighted by Crippen LogP contribution is -2.27. The maximum atomic E-state index is 8.91. The minimum atomic E-state index is 0.0174. The Morgan fingerprint density at radius 2 is 2.05 bits per heavy atom. The lowest BCUT2D eigenvalue weighted by Gasteiger charge is -2.27. The van der Waals surface area contributed by atoms with Crippen LogP contribution in [-0.4, -0.2) is 12.0 Å². The number of thioether (sulfide) groups is 1. The number of fused-ring (bicyclic) bond motifs is 1. The van der Waals surface area contributed by atoms with E-state index in [4.69, 9.17) is 10.00 Å². The van der Waals surface area contributed by atoms with Gasteiger partial charge in [-0.3, -0.25) is 0 Å². The third-order valence-electron chi connectivity index (χ3n) is 2.84. The van der Waals surface area contributed by atoms with Crippen molar-refractivity contribution in [1.82, 2.24) is 0 Å². The molecule has 0 aromatic heterocycles. The van der Waals surface area contributed by atoms with Gasteiger partial charge in [-0.1, -0.05) is 30.0 Å². The fourth-order valence-electron chi connectivity index (χ4n) is 1.93. The molecule has 1 heterocycles. The van der Waals surface area contributed by atoms with E-state index < -0.39 is 0 Å². The largest absolute Gasteiger partial charge is 0.475 e. The molecule has 3 rings (SSSR count). The van der Waals surface area contributed by atoms with Gasteiger partial charge in [-0.05, 0) is 24.3 Å². The van der Waals surface area contributed by atoms with Crippen LogP contribution < -0.4 is 10.1 Å². The number of nitriles is 1. The topological polar surface area (TPSA) is 45.0 Å². The van der Waals surface area contributed by atoms with E-state index in [9.17, 15) is 0 Å². The second-order valence-corrected chi connectivity index (χ2v) is 5.41. The van der Waals surface area contributed by atoms with E-state index in [2.05, 4.69) is 23.5 Å². The summed E-state index contributed by atoms with van der Waals surface area (Å²) in [6.07, 6.45) is 0. The van der Waals surface area contributed by atoms with Crippen LogP contribution in [0.2, 0.25) is 0 Å². The molecule has 3 nitrogen and oxygen atoms in total. The van der Waals surface area contributed by atoms with E-state index >= 15 is 0 Å². The third kappa shape index (κ3) is 2.67. The van der Waals surface area contributed by atoms with Crippen molar-refractivity contribution in [2.45, 2.75) is 10.3 Å². The Morgan fingerprint density at radius 1 is 1.21 bits per heavy atom. The predicted octanol–water partition coefficient (Wildman–Crippen LogP) is 3.48. The molecule has 2 aromatic rings. The monoisotopic (exact) mass is 268 g/mol. The number of hydrogen-bond donors (Lipinski definition) is 1. The van der Waals surface area contributed by atoms with E-state index in [0.717, 1.165) is 18.0 Å². The smallest absolute Gasteiger partial charge is 0.166 e. The zero-order valence-electron chi connectivity index (χ0n) is 10.2. The molecule has 1 N–H and O–H groups in total. The molecule has 19 heavy (non-hydrogen) atoms. The van der Waals surface area contributed by atoms with Crippen molar-refractivity contribution >= 4 is 17.4 Å². The van der Waals surface area contributed by atoms with Crippen molar-refractivity contribution in [3.05, 3.63) is 54.1 Å². The van der Waals surface area contributed by atoms with Crippen molar-refractivity contribution in [3.8, 4) is 11.8 Å². The highest BCUT2D eigenvalue weighted by Gasteiger charge is 2.20. The Labute approximate surface area is 116 Å². The SMILES string of the molecule is N#Cc1ccc2c(c1)OC(Sc1ccccc1)CN2. The second-order valence-electron chi connectivity index (χ2n) is 4.18. The molecule has 1 unspecified atom stereocenters. The van der Waals surface area contributed by atoms with Crippen LogP contribution in [-0.2, 0) is 0 Å². The fraction of sp³-hybridized carbons (Fsp3) is 0.133. The van der Waals surface area contributed by atoms with E-state index in [-0.39, 0.29) is 5.44 Å². The van der Waals surface area contributed by atoms with Gasteiger partial charge >= 0.3 is 0 Å². The number of nitrogens with zero attached hydrogens (tertiary/aromatic N) is 1. The fourth-order valence-corrected chi connectivity index (χ4v) is 2.86. The molecule has 0 radical (unpaired) electrons. The first-order valence-electron chi connectivity index (χ1n) is 6.01. The molecule has 0 fully saturated rings. The van der Waals surface area contributed by atoms with Crippen LogP contribution in [0.5, 0.6) is 5.75 Å². The molecule has 0 aliphatic carbocycles. The minimum absolute atomic E-state index is 0.0174. The van der Waals surface area contributed by atoms with Gasteiger partial charge in [0.05, 0.1) is 23.9 Å². The van der Waals surface area contributed by atoms with Gasteiger partial charge in [-0.2, -0.15) is 5.26 Å². The lowest BCUT2D eigenvalue weighted by atomic mass is 10.2. The summed E-state index contributed by atoms with van der Waals surface area (Å²) in [7, 11) is 0. The highest BCUT2D eigenvalue weighted by atomic mass is 32.2.